The number of hydrogen-bond donors (Lipinski definition) is 2. The number of hydrogen-bond acceptors (Lipinski definition) is 5. The van der Waals surface area contributed by atoms with Gasteiger partial charge in [-0.2, -0.15) is 13.2 Å². The largest absolute Gasteiger partial charge is 0.476 e. The minimum atomic E-state index is -4.47. The molecule has 0 radical (unpaired) electrons. The van der Waals surface area contributed by atoms with Gasteiger partial charge in [-0.1, -0.05) is 48.1 Å². The highest BCUT2D eigenvalue weighted by Gasteiger charge is 2.30. The number of halogens is 3. The number of benzene rings is 2. The molecule has 2 rings (SSSR count). The maximum atomic E-state index is 12.8. The summed E-state index contributed by atoms with van der Waals surface area (Å²) in [4.78, 5) is 21.2. The first-order chi connectivity index (χ1) is 13.2. The van der Waals surface area contributed by atoms with E-state index in [9.17, 15) is 23.1 Å². The summed E-state index contributed by atoms with van der Waals surface area (Å²) in [6, 6.07) is 11.1. The number of nitrogens with one attached hydrogen (secondary N) is 1. The zero-order chi connectivity index (χ0) is 20.7. The molecule has 0 aromatic heterocycles. The van der Waals surface area contributed by atoms with Crippen LogP contribution in [-0.2, 0) is 27.3 Å². The number of nitrogens with zero attached hydrogens (tertiary/aromatic N) is 1. The Morgan fingerprint density at radius 1 is 1.21 bits per heavy atom. The van der Waals surface area contributed by atoms with Gasteiger partial charge in [-0.25, -0.2) is 4.79 Å². The fourth-order valence-corrected chi connectivity index (χ4v) is 2.32. The van der Waals surface area contributed by atoms with Gasteiger partial charge in [-0.3, -0.25) is 10.3 Å². The Morgan fingerprint density at radius 2 is 1.93 bits per heavy atom. The fraction of sp³-hybridized carbons (Fsp3) is 0.158. The van der Waals surface area contributed by atoms with Gasteiger partial charge >= 0.3 is 12.1 Å². The lowest BCUT2D eigenvalue weighted by atomic mass is 10.0. The first kappa shape index (κ1) is 21.0. The van der Waals surface area contributed by atoms with Crippen molar-refractivity contribution in [3.63, 3.8) is 0 Å². The van der Waals surface area contributed by atoms with E-state index in [4.69, 9.17) is 4.84 Å². The van der Waals surface area contributed by atoms with Crippen molar-refractivity contribution in [2.75, 3.05) is 7.11 Å². The molecular formula is C19H17F3N2O4. The molecule has 2 aromatic rings. The molecule has 0 fully saturated rings. The second kappa shape index (κ2) is 9.05. The van der Waals surface area contributed by atoms with Crippen LogP contribution in [-0.4, -0.2) is 23.9 Å². The highest BCUT2D eigenvalue weighted by molar-refractivity contribution is 6.42. The van der Waals surface area contributed by atoms with Crippen LogP contribution in [0.15, 0.2) is 60.3 Å². The van der Waals surface area contributed by atoms with E-state index < -0.39 is 17.7 Å². The topological polar surface area (TPSA) is 80.1 Å². The number of oxime groups is 1. The van der Waals surface area contributed by atoms with Crippen molar-refractivity contribution in [3.05, 3.63) is 77.4 Å². The highest BCUT2D eigenvalue weighted by atomic mass is 19.4. The number of carboxylic acid groups (broad SMARTS) is 1. The van der Waals surface area contributed by atoms with Gasteiger partial charge in [0.05, 0.1) is 11.3 Å². The summed E-state index contributed by atoms with van der Waals surface area (Å²) in [5.41, 5.74) is 2.44. The van der Waals surface area contributed by atoms with E-state index in [-0.39, 0.29) is 29.1 Å². The van der Waals surface area contributed by atoms with Gasteiger partial charge in [-0.05, 0) is 23.3 Å². The van der Waals surface area contributed by atoms with E-state index in [0.717, 1.165) is 12.1 Å². The third-order valence-corrected chi connectivity index (χ3v) is 3.62. The van der Waals surface area contributed by atoms with Gasteiger partial charge in [0.2, 0.25) is 0 Å². The summed E-state index contributed by atoms with van der Waals surface area (Å²) < 4.78 is 38.4. The van der Waals surface area contributed by atoms with Crippen molar-refractivity contribution >= 4 is 17.4 Å². The van der Waals surface area contributed by atoms with Crippen LogP contribution in [0.1, 0.15) is 22.3 Å². The van der Waals surface area contributed by atoms with Crippen molar-refractivity contribution in [1.29, 1.82) is 0 Å². The first-order valence-electron chi connectivity index (χ1n) is 7.91. The normalized spacial score (nSPS) is 11.8. The van der Waals surface area contributed by atoms with Gasteiger partial charge in [0.15, 0.2) is 5.71 Å². The van der Waals surface area contributed by atoms with E-state index in [2.05, 4.69) is 22.1 Å². The van der Waals surface area contributed by atoms with E-state index in [1.165, 1.54) is 25.3 Å². The van der Waals surface area contributed by atoms with Crippen LogP contribution in [0.2, 0.25) is 0 Å². The van der Waals surface area contributed by atoms with Crippen LogP contribution >= 0.6 is 0 Å². The quantitative estimate of drug-likeness (QED) is 0.525. The summed E-state index contributed by atoms with van der Waals surface area (Å²) in [6.45, 7) is 3.56. The average Bonchev–Trinajstić information content (AvgIpc) is 2.66. The van der Waals surface area contributed by atoms with Crippen LogP contribution in [0.3, 0.4) is 0 Å². The van der Waals surface area contributed by atoms with Crippen molar-refractivity contribution in [3.8, 4) is 0 Å². The summed E-state index contributed by atoms with van der Waals surface area (Å²) in [5, 5.41) is 12.8. The Kier molecular flexibility index (Phi) is 6.78. The lowest BCUT2D eigenvalue weighted by Gasteiger charge is -2.14. The van der Waals surface area contributed by atoms with Crippen LogP contribution in [0.25, 0.3) is 5.70 Å². The summed E-state index contributed by atoms with van der Waals surface area (Å²) in [7, 11) is 1.22. The predicted molar refractivity (Wildman–Crippen MR) is 96.0 cm³/mol. The first-order valence-corrected chi connectivity index (χ1v) is 7.91. The Balaban J connectivity index is 2.09. The van der Waals surface area contributed by atoms with Crippen LogP contribution < -0.4 is 5.48 Å². The molecule has 0 aliphatic heterocycles. The van der Waals surface area contributed by atoms with E-state index >= 15 is 0 Å². The minimum absolute atomic E-state index is 0.0931. The van der Waals surface area contributed by atoms with E-state index in [0.29, 0.717) is 5.56 Å². The molecule has 0 unspecified atom stereocenters. The number of carbonyl (C=O) groups is 1. The third kappa shape index (κ3) is 5.34. The SMILES string of the molecule is C=C(NOCc1ccccc1C(=NOC)C(=O)O)c1cccc(C(F)(F)F)c1. The Morgan fingerprint density at radius 3 is 2.57 bits per heavy atom. The minimum Gasteiger partial charge on any atom is -0.476 e. The average molecular weight is 394 g/mol. The van der Waals surface area contributed by atoms with Crippen molar-refractivity contribution < 1.29 is 32.7 Å². The van der Waals surface area contributed by atoms with E-state index in [1.54, 1.807) is 18.2 Å². The molecule has 0 amide bonds. The van der Waals surface area contributed by atoms with Crippen LogP contribution in [0, 0.1) is 0 Å². The molecule has 0 aliphatic carbocycles. The molecule has 0 spiro atoms. The van der Waals surface area contributed by atoms with E-state index in [1.807, 2.05) is 0 Å². The molecule has 28 heavy (non-hydrogen) atoms. The molecular weight excluding hydrogens is 377 g/mol. The van der Waals surface area contributed by atoms with Crippen LogP contribution in [0.4, 0.5) is 13.2 Å². The lowest BCUT2D eigenvalue weighted by Crippen LogP contribution is -2.19. The number of hydroxylamine groups is 1. The summed E-state index contributed by atoms with van der Waals surface area (Å²) >= 11 is 0. The summed E-state index contributed by atoms with van der Waals surface area (Å²) in [5.74, 6) is -1.28. The number of aliphatic carboxylic acids is 1. The fourth-order valence-electron chi connectivity index (χ4n) is 2.32. The monoisotopic (exact) mass is 394 g/mol. The van der Waals surface area contributed by atoms with Gasteiger partial charge in [-0.15, -0.1) is 0 Å². The molecule has 0 aliphatic rings. The van der Waals surface area contributed by atoms with Crippen molar-refractivity contribution in [2.24, 2.45) is 5.16 Å². The van der Waals surface area contributed by atoms with Crippen molar-refractivity contribution in [1.82, 2.24) is 5.48 Å². The number of alkyl halides is 3. The van der Waals surface area contributed by atoms with Gasteiger partial charge in [0, 0.05) is 5.56 Å². The zero-order valence-electron chi connectivity index (χ0n) is 14.8. The molecule has 148 valence electrons. The molecule has 2 N–H and O–H groups in total. The Labute approximate surface area is 158 Å². The molecule has 2 aromatic carbocycles. The third-order valence-electron chi connectivity index (χ3n) is 3.62. The molecule has 0 saturated carbocycles. The highest BCUT2D eigenvalue weighted by Crippen LogP contribution is 2.30. The molecule has 9 heteroatoms. The summed E-state index contributed by atoms with van der Waals surface area (Å²) in [6.07, 6.45) is -4.47. The van der Waals surface area contributed by atoms with Crippen molar-refractivity contribution in [2.45, 2.75) is 12.8 Å². The van der Waals surface area contributed by atoms with Crippen LogP contribution in [0.5, 0.6) is 0 Å². The molecule has 0 saturated heterocycles. The number of carboxylic acids is 1. The molecule has 0 heterocycles. The maximum absolute atomic E-state index is 12.8. The molecule has 6 nitrogen and oxygen atoms in total. The lowest BCUT2D eigenvalue weighted by molar-refractivity contribution is -0.137. The predicted octanol–water partition coefficient (Wildman–Crippen LogP) is 3.83. The Hall–Kier alpha value is -3.33. The molecule has 0 atom stereocenters. The van der Waals surface area contributed by atoms with Gasteiger partial charge < -0.3 is 9.94 Å². The second-order valence-electron chi connectivity index (χ2n) is 5.53. The number of rotatable bonds is 8. The zero-order valence-corrected chi connectivity index (χ0v) is 14.8. The Bertz CT molecular complexity index is 895. The maximum Gasteiger partial charge on any atom is 0.416 e. The molecule has 0 bridgehead atoms. The van der Waals surface area contributed by atoms with Gasteiger partial charge in [0.25, 0.3) is 0 Å². The van der Waals surface area contributed by atoms with Gasteiger partial charge in [0.1, 0.15) is 13.7 Å². The second-order valence-corrected chi connectivity index (χ2v) is 5.53. The standard InChI is InChI=1S/C19H17F3N2O4/c1-12(13-7-5-8-15(10-13)19(20,21)22)23-28-11-14-6-3-4-9-16(14)17(18(25)26)24-27-2/h3-10,23H,1,11H2,2H3,(H,25,26). The smallest absolute Gasteiger partial charge is 0.416 e.